The molecule has 5 nitrogen and oxygen atoms in total. The minimum absolute atomic E-state index is 0.0325. The fraction of sp³-hybridized carbons (Fsp3) is 0.938. The molecule has 0 fully saturated rings. The second-order valence-electron chi connectivity index (χ2n) is 6.02. The molecular formula is C16H32INO4S. The minimum Gasteiger partial charge on any atom is -0.354 e. The second-order valence-corrected chi connectivity index (χ2v) is 9.09. The third-order valence-electron chi connectivity index (χ3n) is 3.75. The van der Waals surface area contributed by atoms with Crippen molar-refractivity contribution in [1.82, 2.24) is 5.32 Å². The second kappa shape index (κ2) is 14.5. The van der Waals surface area contributed by atoms with Gasteiger partial charge in [-0.1, -0.05) is 93.7 Å². The maximum atomic E-state index is 11.7. The molecule has 2 N–H and O–H groups in total. The van der Waals surface area contributed by atoms with E-state index in [-0.39, 0.29) is 16.4 Å². The molecule has 23 heavy (non-hydrogen) atoms. The fourth-order valence-electron chi connectivity index (χ4n) is 2.36. The number of alkyl halides is 1. The summed E-state index contributed by atoms with van der Waals surface area (Å²) in [6.07, 6.45) is 13.5. The van der Waals surface area contributed by atoms with E-state index in [4.69, 9.17) is 4.55 Å². The number of rotatable bonds is 15. The van der Waals surface area contributed by atoms with Crippen LogP contribution in [0.4, 0.5) is 0 Å². The van der Waals surface area contributed by atoms with Gasteiger partial charge in [-0.05, 0) is 6.42 Å². The molecule has 0 aromatic carbocycles. The zero-order valence-corrected chi connectivity index (χ0v) is 17.2. The zero-order chi connectivity index (χ0) is 17.6. The molecule has 0 rings (SSSR count). The first kappa shape index (κ1) is 23.1. The highest BCUT2D eigenvalue weighted by Crippen LogP contribution is 2.15. The molecule has 1 unspecified atom stereocenters. The third kappa shape index (κ3) is 16.7. The van der Waals surface area contributed by atoms with Gasteiger partial charge in [0.05, 0.1) is 9.68 Å². The van der Waals surface area contributed by atoms with Crippen molar-refractivity contribution < 1.29 is 17.8 Å². The molecule has 0 aliphatic carbocycles. The molecule has 0 spiro atoms. The first-order valence-electron chi connectivity index (χ1n) is 8.73. The summed E-state index contributed by atoms with van der Waals surface area (Å²) < 4.78 is 29.6. The van der Waals surface area contributed by atoms with Gasteiger partial charge >= 0.3 is 0 Å². The molecule has 0 aliphatic rings. The van der Waals surface area contributed by atoms with Crippen LogP contribution in [-0.4, -0.2) is 35.1 Å². The molecule has 0 bridgehead atoms. The van der Waals surface area contributed by atoms with Gasteiger partial charge in [-0.25, -0.2) is 0 Å². The standard InChI is InChI=1S/C16H32INO4S/c1-2-3-4-5-6-7-8-9-10-11-12-15(17)16(19)18-13-14-23(20,21)22/h15H,2-14H2,1H3,(H,18,19)(H,20,21,22). The van der Waals surface area contributed by atoms with Gasteiger partial charge < -0.3 is 5.32 Å². The van der Waals surface area contributed by atoms with Crippen molar-refractivity contribution >= 4 is 38.6 Å². The summed E-state index contributed by atoms with van der Waals surface area (Å²) >= 11 is 2.09. The molecule has 1 atom stereocenters. The van der Waals surface area contributed by atoms with E-state index < -0.39 is 15.9 Å². The van der Waals surface area contributed by atoms with E-state index in [2.05, 4.69) is 34.8 Å². The van der Waals surface area contributed by atoms with Gasteiger partial charge in [0.25, 0.3) is 10.1 Å². The number of carbonyl (C=O) groups is 1. The Morgan fingerprint density at radius 3 is 1.96 bits per heavy atom. The Balaban J connectivity index is 3.45. The molecular weight excluding hydrogens is 429 g/mol. The van der Waals surface area contributed by atoms with Crippen LogP contribution in [0.2, 0.25) is 0 Å². The van der Waals surface area contributed by atoms with Crippen LogP contribution in [0.15, 0.2) is 0 Å². The molecule has 0 aromatic heterocycles. The quantitative estimate of drug-likeness (QED) is 0.166. The normalized spacial score (nSPS) is 13.0. The van der Waals surface area contributed by atoms with Crippen LogP contribution in [0.1, 0.15) is 77.6 Å². The number of hydrogen-bond acceptors (Lipinski definition) is 3. The Labute approximate surface area is 155 Å². The Hall–Kier alpha value is 0.110. The molecule has 0 saturated carbocycles. The van der Waals surface area contributed by atoms with Crippen molar-refractivity contribution in [3.63, 3.8) is 0 Å². The van der Waals surface area contributed by atoms with Crippen molar-refractivity contribution in [2.24, 2.45) is 0 Å². The van der Waals surface area contributed by atoms with Crippen molar-refractivity contribution in [3.05, 3.63) is 0 Å². The van der Waals surface area contributed by atoms with Gasteiger partial charge in [-0.2, -0.15) is 8.42 Å². The lowest BCUT2D eigenvalue weighted by Crippen LogP contribution is -2.34. The van der Waals surface area contributed by atoms with Crippen molar-refractivity contribution in [3.8, 4) is 0 Å². The highest BCUT2D eigenvalue weighted by atomic mass is 127. The maximum absolute atomic E-state index is 11.7. The summed E-state index contributed by atoms with van der Waals surface area (Å²) in [6, 6.07) is 0. The SMILES string of the molecule is CCCCCCCCCCCCC(I)C(=O)NCCS(=O)(=O)O. The Morgan fingerprint density at radius 1 is 1.00 bits per heavy atom. The van der Waals surface area contributed by atoms with E-state index in [0.717, 1.165) is 19.3 Å². The largest absolute Gasteiger partial charge is 0.354 e. The number of amides is 1. The Morgan fingerprint density at radius 2 is 1.48 bits per heavy atom. The van der Waals surface area contributed by atoms with Crippen LogP contribution in [0.3, 0.4) is 0 Å². The lowest BCUT2D eigenvalue weighted by molar-refractivity contribution is -0.120. The topological polar surface area (TPSA) is 83.5 Å². The summed E-state index contributed by atoms with van der Waals surface area (Å²) in [6.45, 7) is 2.20. The van der Waals surface area contributed by atoms with Crippen LogP contribution >= 0.6 is 22.6 Å². The van der Waals surface area contributed by atoms with E-state index in [1.165, 1.54) is 51.4 Å². The Kier molecular flexibility index (Phi) is 14.5. The van der Waals surface area contributed by atoms with Gasteiger partial charge in [0.1, 0.15) is 0 Å². The van der Waals surface area contributed by atoms with Gasteiger partial charge in [-0.3, -0.25) is 9.35 Å². The first-order chi connectivity index (χ1) is 10.9. The van der Waals surface area contributed by atoms with Gasteiger partial charge in [0.15, 0.2) is 0 Å². The molecule has 0 saturated heterocycles. The smallest absolute Gasteiger partial charge is 0.266 e. The van der Waals surface area contributed by atoms with Crippen molar-refractivity contribution in [1.29, 1.82) is 0 Å². The average Bonchev–Trinajstić information content (AvgIpc) is 2.47. The van der Waals surface area contributed by atoms with Crippen LogP contribution in [0.25, 0.3) is 0 Å². The monoisotopic (exact) mass is 461 g/mol. The summed E-state index contributed by atoms with van der Waals surface area (Å²) in [5.41, 5.74) is 0. The minimum atomic E-state index is -4.00. The van der Waals surface area contributed by atoms with Crippen LogP contribution < -0.4 is 5.32 Å². The third-order valence-corrected chi connectivity index (χ3v) is 5.66. The molecule has 0 radical (unpaired) electrons. The first-order valence-corrected chi connectivity index (χ1v) is 11.6. The highest BCUT2D eigenvalue weighted by Gasteiger charge is 2.14. The number of unbranched alkanes of at least 4 members (excludes halogenated alkanes) is 9. The number of carbonyl (C=O) groups excluding carboxylic acids is 1. The summed E-state index contributed by atoms with van der Waals surface area (Å²) in [5, 5.41) is 2.54. The highest BCUT2D eigenvalue weighted by molar-refractivity contribution is 14.1. The van der Waals surface area contributed by atoms with E-state index in [1.54, 1.807) is 0 Å². The predicted molar refractivity (Wildman–Crippen MR) is 104 cm³/mol. The summed E-state index contributed by atoms with van der Waals surface area (Å²) in [4.78, 5) is 11.7. The number of nitrogens with one attached hydrogen (secondary N) is 1. The van der Waals surface area contributed by atoms with E-state index in [1.807, 2.05) is 0 Å². The van der Waals surface area contributed by atoms with Crippen molar-refractivity contribution in [2.75, 3.05) is 12.3 Å². The molecule has 0 heterocycles. The molecule has 0 aliphatic heterocycles. The van der Waals surface area contributed by atoms with Crippen molar-refractivity contribution in [2.45, 2.75) is 81.5 Å². The molecule has 0 aromatic rings. The maximum Gasteiger partial charge on any atom is 0.266 e. The van der Waals surface area contributed by atoms with Gasteiger partial charge in [0, 0.05) is 6.54 Å². The number of halogens is 1. The molecule has 7 heteroatoms. The number of hydrogen-bond donors (Lipinski definition) is 2. The van der Waals surface area contributed by atoms with Crippen LogP contribution in [0, 0.1) is 0 Å². The van der Waals surface area contributed by atoms with E-state index in [0.29, 0.717) is 0 Å². The lowest BCUT2D eigenvalue weighted by atomic mass is 10.1. The Bertz CT molecular complexity index is 401. The predicted octanol–water partition coefficient (Wildman–Crippen LogP) is 4.11. The fourth-order valence-corrected chi connectivity index (χ4v) is 3.38. The van der Waals surface area contributed by atoms with Crippen LogP contribution in [-0.2, 0) is 14.9 Å². The molecule has 1 amide bonds. The van der Waals surface area contributed by atoms with E-state index in [9.17, 15) is 13.2 Å². The summed E-state index contributed by atoms with van der Waals surface area (Å²) in [5.74, 6) is -0.578. The zero-order valence-electron chi connectivity index (χ0n) is 14.2. The average molecular weight is 461 g/mol. The summed E-state index contributed by atoms with van der Waals surface area (Å²) in [7, 11) is -4.00. The van der Waals surface area contributed by atoms with Crippen LogP contribution in [0.5, 0.6) is 0 Å². The van der Waals surface area contributed by atoms with E-state index >= 15 is 0 Å². The lowest BCUT2D eigenvalue weighted by Gasteiger charge is -2.10. The van der Waals surface area contributed by atoms with Gasteiger partial charge in [-0.15, -0.1) is 0 Å². The molecule has 138 valence electrons. The van der Waals surface area contributed by atoms with Gasteiger partial charge in [0.2, 0.25) is 5.91 Å².